The predicted octanol–water partition coefficient (Wildman–Crippen LogP) is 5.69. The van der Waals surface area contributed by atoms with Gasteiger partial charge >= 0.3 is 0 Å². The molecule has 2 aliphatic carbocycles. The van der Waals surface area contributed by atoms with Crippen molar-refractivity contribution in [3.63, 3.8) is 0 Å². The molecule has 2 N–H and O–H groups in total. The Labute approximate surface area is 175 Å². The minimum atomic E-state index is -0.129. The number of carbonyl (C=O) groups excluding carboxylic acids is 1. The number of benzene rings is 1. The van der Waals surface area contributed by atoms with E-state index in [0.717, 1.165) is 50.9 Å². The van der Waals surface area contributed by atoms with Crippen LogP contribution in [-0.4, -0.2) is 35.5 Å². The van der Waals surface area contributed by atoms with Crippen molar-refractivity contribution in [3.05, 3.63) is 34.9 Å². The van der Waals surface area contributed by atoms with Crippen molar-refractivity contribution in [1.29, 1.82) is 0 Å². The number of anilines is 1. The Balaban J connectivity index is 1.49. The summed E-state index contributed by atoms with van der Waals surface area (Å²) >= 11 is 0. The average molecular weight is 397 g/mol. The summed E-state index contributed by atoms with van der Waals surface area (Å²) in [6.45, 7) is 4.93. The van der Waals surface area contributed by atoms with Crippen LogP contribution in [0.1, 0.15) is 94.1 Å². The van der Waals surface area contributed by atoms with Gasteiger partial charge in [0.1, 0.15) is 5.75 Å². The van der Waals surface area contributed by atoms with Gasteiger partial charge < -0.3 is 10.4 Å². The fourth-order valence-corrected chi connectivity index (χ4v) is 5.65. The van der Waals surface area contributed by atoms with Crippen LogP contribution in [0.3, 0.4) is 0 Å². The highest BCUT2D eigenvalue weighted by molar-refractivity contribution is 5.90. The normalized spacial score (nSPS) is 21.9. The summed E-state index contributed by atoms with van der Waals surface area (Å²) < 4.78 is 0. The molecule has 4 heteroatoms. The summed E-state index contributed by atoms with van der Waals surface area (Å²) in [6.07, 6.45) is 14.8. The Hall–Kier alpha value is -1.81. The number of hydrogen-bond acceptors (Lipinski definition) is 3. The van der Waals surface area contributed by atoms with Crippen LogP contribution in [0, 0.1) is 0 Å². The molecule has 0 unspecified atom stereocenters. The maximum atomic E-state index is 11.6. The molecule has 1 amide bonds. The highest BCUT2D eigenvalue weighted by Crippen LogP contribution is 2.47. The second kappa shape index (κ2) is 9.34. The largest absolute Gasteiger partial charge is 0.505 e. The summed E-state index contributed by atoms with van der Waals surface area (Å²) in [4.78, 5) is 14.2. The molecule has 1 aromatic rings. The molecule has 158 valence electrons. The van der Waals surface area contributed by atoms with Gasteiger partial charge in [-0.05, 0) is 87.9 Å². The molecule has 1 aromatic carbocycles. The standard InChI is InChI=1S/C25H36N2O2/c1-18(28)26-23-12-11-22(24(25(23)29)21-9-5-6-10-21)20-13-15-27(16-14-20)17-19-7-3-2-4-8-19/h7,11-12,20-21,29H,2-6,8-10,13-17H2,1H3,(H,26,28). The fraction of sp³-hybridized carbons (Fsp3) is 0.640. The topological polar surface area (TPSA) is 52.6 Å². The SMILES string of the molecule is CC(=O)Nc1ccc(C2CCN(CC3=CCCCC3)CC2)c(C2CCCC2)c1O. The van der Waals surface area contributed by atoms with Crippen molar-refractivity contribution in [1.82, 2.24) is 4.90 Å². The van der Waals surface area contributed by atoms with Gasteiger partial charge in [-0.3, -0.25) is 9.69 Å². The van der Waals surface area contributed by atoms with Crippen LogP contribution in [0.2, 0.25) is 0 Å². The lowest BCUT2D eigenvalue weighted by Crippen LogP contribution is -2.35. The zero-order valence-electron chi connectivity index (χ0n) is 17.9. The number of allylic oxidation sites excluding steroid dienone is 1. The molecule has 29 heavy (non-hydrogen) atoms. The van der Waals surface area contributed by atoms with Crippen molar-refractivity contribution >= 4 is 11.6 Å². The van der Waals surface area contributed by atoms with Gasteiger partial charge in [0.05, 0.1) is 5.69 Å². The first-order chi connectivity index (χ1) is 14.1. The molecule has 3 aliphatic rings. The van der Waals surface area contributed by atoms with Gasteiger partial charge in [0, 0.05) is 19.0 Å². The van der Waals surface area contributed by atoms with Crippen molar-refractivity contribution in [2.45, 2.75) is 83.0 Å². The van der Waals surface area contributed by atoms with Gasteiger partial charge in [0.25, 0.3) is 0 Å². The Morgan fingerprint density at radius 3 is 2.48 bits per heavy atom. The second-order valence-corrected chi connectivity index (χ2v) is 9.29. The summed E-state index contributed by atoms with van der Waals surface area (Å²) in [6, 6.07) is 4.09. The van der Waals surface area contributed by atoms with Gasteiger partial charge in [0.2, 0.25) is 5.91 Å². The van der Waals surface area contributed by atoms with E-state index in [0.29, 0.717) is 23.3 Å². The third kappa shape index (κ3) is 4.85. The molecule has 1 heterocycles. The summed E-state index contributed by atoms with van der Waals surface area (Å²) in [7, 11) is 0. The highest BCUT2D eigenvalue weighted by Gasteiger charge is 2.30. The quantitative estimate of drug-likeness (QED) is 0.497. The number of amides is 1. The number of likely N-dealkylation sites (tertiary alicyclic amines) is 1. The van der Waals surface area contributed by atoms with Crippen molar-refractivity contribution in [2.24, 2.45) is 0 Å². The third-order valence-electron chi connectivity index (χ3n) is 7.16. The van der Waals surface area contributed by atoms with Gasteiger partial charge in [-0.25, -0.2) is 0 Å². The van der Waals surface area contributed by atoms with Crippen molar-refractivity contribution in [2.75, 3.05) is 25.0 Å². The van der Waals surface area contributed by atoms with E-state index in [1.165, 1.54) is 51.0 Å². The van der Waals surface area contributed by atoms with E-state index >= 15 is 0 Å². The van der Waals surface area contributed by atoms with Gasteiger partial charge in [-0.15, -0.1) is 0 Å². The Kier molecular flexibility index (Phi) is 6.59. The molecule has 1 aliphatic heterocycles. The summed E-state index contributed by atoms with van der Waals surface area (Å²) in [5.74, 6) is 1.14. The van der Waals surface area contributed by atoms with Crippen LogP contribution >= 0.6 is 0 Å². The van der Waals surface area contributed by atoms with E-state index in [2.05, 4.69) is 22.4 Å². The number of nitrogens with zero attached hydrogens (tertiary/aromatic N) is 1. The van der Waals surface area contributed by atoms with Crippen LogP contribution in [0.25, 0.3) is 0 Å². The number of aromatic hydroxyl groups is 1. The van der Waals surface area contributed by atoms with Crippen LogP contribution in [0.4, 0.5) is 5.69 Å². The Morgan fingerprint density at radius 2 is 1.83 bits per heavy atom. The molecular weight excluding hydrogens is 360 g/mol. The maximum absolute atomic E-state index is 11.6. The molecule has 0 atom stereocenters. The number of rotatable bonds is 5. The first-order valence-electron chi connectivity index (χ1n) is 11.7. The zero-order valence-corrected chi connectivity index (χ0v) is 17.9. The number of hydrogen-bond donors (Lipinski definition) is 2. The van der Waals surface area contributed by atoms with Gasteiger partial charge in [-0.2, -0.15) is 0 Å². The number of phenolic OH excluding ortho intramolecular Hbond substituents is 1. The molecule has 4 nitrogen and oxygen atoms in total. The van der Waals surface area contributed by atoms with E-state index < -0.39 is 0 Å². The van der Waals surface area contributed by atoms with E-state index in [-0.39, 0.29) is 5.91 Å². The average Bonchev–Trinajstić information content (AvgIpc) is 3.25. The van der Waals surface area contributed by atoms with Crippen LogP contribution in [0.15, 0.2) is 23.8 Å². The zero-order chi connectivity index (χ0) is 20.2. The van der Waals surface area contributed by atoms with Gasteiger partial charge in [-0.1, -0.05) is 30.6 Å². The Morgan fingerprint density at radius 1 is 1.07 bits per heavy atom. The first-order valence-corrected chi connectivity index (χ1v) is 11.7. The number of piperidine rings is 1. The molecule has 0 spiro atoms. The highest BCUT2D eigenvalue weighted by atomic mass is 16.3. The smallest absolute Gasteiger partial charge is 0.221 e. The minimum Gasteiger partial charge on any atom is -0.505 e. The molecule has 0 bridgehead atoms. The maximum Gasteiger partial charge on any atom is 0.221 e. The third-order valence-corrected chi connectivity index (χ3v) is 7.16. The van der Waals surface area contributed by atoms with Crippen LogP contribution < -0.4 is 5.32 Å². The predicted molar refractivity (Wildman–Crippen MR) is 119 cm³/mol. The van der Waals surface area contributed by atoms with Crippen molar-refractivity contribution < 1.29 is 9.90 Å². The monoisotopic (exact) mass is 396 g/mol. The van der Waals surface area contributed by atoms with Gasteiger partial charge in [0.15, 0.2) is 0 Å². The fourth-order valence-electron chi connectivity index (χ4n) is 5.65. The minimum absolute atomic E-state index is 0.129. The van der Waals surface area contributed by atoms with Crippen LogP contribution in [-0.2, 0) is 4.79 Å². The second-order valence-electron chi connectivity index (χ2n) is 9.29. The lowest BCUT2D eigenvalue weighted by molar-refractivity contribution is -0.114. The lowest BCUT2D eigenvalue weighted by Gasteiger charge is -2.35. The van der Waals surface area contributed by atoms with E-state index in [1.54, 1.807) is 5.57 Å². The number of carbonyl (C=O) groups is 1. The first kappa shape index (κ1) is 20.5. The van der Waals surface area contributed by atoms with Crippen LogP contribution in [0.5, 0.6) is 5.75 Å². The Bertz CT molecular complexity index is 756. The molecule has 1 saturated heterocycles. The molecular formula is C25H36N2O2. The molecule has 4 rings (SSSR count). The van der Waals surface area contributed by atoms with E-state index in [9.17, 15) is 9.90 Å². The van der Waals surface area contributed by atoms with E-state index in [1.807, 2.05) is 6.07 Å². The molecule has 2 fully saturated rings. The molecule has 0 aromatic heterocycles. The number of phenols is 1. The van der Waals surface area contributed by atoms with Crippen molar-refractivity contribution in [3.8, 4) is 5.75 Å². The summed E-state index contributed by atoms with van der Waals surface area (Å²) in [5, 5.41) is 13.9. The van der Waals surface area contributed by atoms with E-state index in [4.69, 9.17) is 0 Å². The lowest BCUT2D eigenvalue weighted by atomic mass is 9.81. The number of nitrogens with one attached hydrogen (secondary N) is 1. The molecule has 0 radical (unpaired) electrons. The summed E-state index contributed by atoms with van der Waals surface area (Å²) in [5.41, 5.74) is 4.67. The molecule has 1 saturated carbocycles.